The van der Waals surface area contributed by atoms with Crippen LogP contribution in [-0.4, -0.2) is 172 Å². The first-order chi connectivity index (χ1) is 35.8. The van der Waals surface area contributed by atoms with E-state index in [9.17, 15) is 20.1 Å². The van der Waals surface area contributed by atoms with Crippen LogP contribution in [0.2, 0.25) is 0 Å². The molecule has 4 aliphatic carbocycles. The van der Waals surface area contributed by atoms with Crippen molar-refractivity contribution in [3.63, 3.8) is 0 Å². The second-order valence-electron chi connectivity index (χ2n) is 23.5. The number of hydrogen-bond acceptors (Lipinski definition) is 17. The van der Waals surface area contributed by atoms with Crippen LogP contribution in [0.3, 0.4) is 0 Å². The van der Waals surface area contributed by atoms with E-state index in [1.165, 1.54) is 11.6 Å². The van der Waals surface area contributed by atoms with Crippen LogP contribution in [0, 0.1) is 28.6 Å². The molecule has 75 heavy (non-hydrogen) atoms. The number of aliphatic hydroxyl groups excluding tert-OH is 2. The van der Waals surface area contributed by atoms with Crippen LogP contribution >= 0.6 is 0 Å². The molecule has 3 N–H and O–H groups in total. The van der Waals surface area contributed by atoms with E-state index in [0.29, 0.717) is 51.4 Å². The molecule has 4 saturated heterocycles. The molecule has 17 heteroatoms. The van der Waals surface area contributed by atoms with Gasteiger partial charge >= 0.3 is 5.97 Å². The molecular weight excluding hydrogens is 969 g/mol. The largest absolute Gasteiger partial charge is 0.458 e. The minimum absolute atomic E-state index is 0.0370. The molecule has 4 heterocycles. The summed E-state index contributed by atoms with van der Waals surface area (Å²) in [5.74, 6) is -0.615. The van der Waals surface area contributed by atoms with Crippen molar-refractivity contribution in [1.29, 1.82) is 0 Å². The lowest BCUT2D eigenvalue weighted by molar-refractivity contribution is -0.347. The Bertz CT molecular complexity index is 2110. The number of carbonyl (C=O) groups excluding carboxylic acids is 1. The van der Waals surface area contributed by atoms with Gasteiger partial charge in [-0.25, -0.2) is 4.79 Å². The molecule has 1 aromatic carbocycles. The van der Waals surface area contributed by atoms with Crippen molar-refractivity contribution >= 4 is 12.0 Å². The van der Waals surface area contributed by atoms with Gasteiger partial charge in [0.1, 0.15) is 30.5 Å². The molecule has 0 bridgehead atoms. The predicted octanol–water partition coefficient (Wildman–Crippen LogP) is 6.80. The topological polar surface area (TPSA) is 198 Å². The van der Waals surface area contributed by atoms with Crippen LogP contribution < -0.4 is 0 Å². The van der Waals surface area contributed by atoms with Crippen molar-refractivity contribution < 1.29 is 81.7 Å². The number of esters is 1. The molecule has 8 aliphatic rings. The fourth-order valence-corrected chi connectivity index (χ4v) is 15.2. The Labute approximate surface area is 444 Å². The molecule has 0 aromatic heterocycles. The van der Waals surface area contributed by atoms with Crippen molar-refractivity contribution in [3.8, 4) is 0 Å². The smallest absolute Gasteiger partial charge is 0.331 e. The molecule has 0 amide bonds. The van der Waals surface area contributed by atoms with E-state index in [-0.39, 0.29) is 53.7 Å². The molecule has 1 aromatic rings. The lowest BCUT2D eigenvalue weighted by Crippen LogP contribution is -2.67. The van der Waals surface area contributed by atoms with Crippen LogP contribution in [0.15, 0.2) is 48.1 Å². The number of rotatable bonds is 16. The third-order valence-electron chi connectivity index (χ3n) is 19.4. The normalized spacial score (nSPS) is 47.5. The van der Waals surface area contributed by atoms with Gasteiger partial charge in [0.15, 0.2) is 25.2 Å². The summed E-state index contributed by atoms with van der Waals surface area (Å²) in [6.45, 7) is 13.8. The highest BCUT2D eigenvalue weighted by Gasteiger charge is 2.71. The lowest BCUT2D eigenvalue weighted by Gasteiger charge is -2.63. The van der Waals surface area contributed by atoms with Gasteiger partial charge in [0.2, 0.25) is 0 Å². The van der Waals surface area contributed by atoms with Gasteiger partial charge in [0, 0.05) is 65.6 Å². The van der Waals surface area contributed by atoms with E-state index in [4.69, 9.17) is 61.6 Å². The molecule has 7 fully saturated rings. The number of hydrogen-bond donors (Lipinski definition) is 3. The Hall–Kier alpha value is -2.43. The fraction of sp³-hybridized carbons (Fsp3) is 0.810. The van der Waals surface area contributed by atoms with Crippen LogP contribution in [-0.2, 0) is 66.4 Å². The molecule has 4 aliphatic heterocycles. The Morgan fingerprint density at radius 2 is 1.19 bits per heavy atom. The molecule has 17 nitrogen and oxygen atoms in total. The number of methoxy groups -OCH3 is 4. The fourth-order valence-electron chi connectivity index (χ4n) is 15.2. The first kappa shape index (κ1) is 57.3. The quantitative estimate of drug-likeness (QED) is 0.0887. The van der Waals surface area contributed by atoms with E-state index in [1.807, 2.05) is 51.1 Å². The number of benzene rings is 1. The zero-order valence-corrected chi connectivity index (χ0v) is 46.2. The number of ether oxygens (including phenoxy) is 13. The Morgan fingerprint density at radius 3 is 1.71 bits per heavy atom. The van der Waals surface area contributed by atoms with E-state index in [1.54, 1.807) is 48.4 Å². The molecule has 9 rings (SSSR count). The average Bonchev–Trinajstić information content (AvgIpc) is 3.68. The third-order valence-corrected chi connectivity index (χ3v) is 19.4. The van der Waals surface area contributed by atoms with Gasteiger partial charge < -0.3 is 76.9 Å². The minimum atomic E-state index is -1.12. The molecule has 0 radical (unpaired) electrons. The van der Waals surface area contributed by atoms with Crippen LogP contribution in [0.4, 0.5) is 0 Å². The van der Waals surface area contributed by atoms with E-state index < -0.39 is 103 Å². The van der Waals surface area contributed by atoms with Crippen LogP contribution in [0.25, 0.3) is 6.08 Å². The van der Waals surface area contributed by atoms with Gasteiger partial charge in [-0.2, -0.15) is 0 Å². The van der Waals surface area contributed by atoms with E-state index in [0.717, 1.165) is 24.8 Å². The van der Waals surface area contributed by atoms with Gasteiger partial charge in [-0.1, -0.05) is 55.8 Å². The Kier molecular flexibility index (Phi) is 18.1. The van der Waals surface area contributed by atoms with E-state index >= 15 is 0 Å². The highest BCUT2D eigenvalue weighted by atomic mass is 16.8. The number of allylic oxidation sites excluding steroid dienone is 1. The van der Waals surface area contributed by atoms with Crippen molar-refractivity contribution in [2.24, 2.45) is 28.6 Å². The highest BCUT2D eigenvalue weighted by Crippen LogP contribution is 2.69. The molecule has 0 unspecified atom stereocenters. The Balaban J connectivity index is 0.791. The summed E-state index contributed by atoms with van der Waals surface area (Å²) in [5, 5.41) is 34.6. The maximum atomic E-state index is 13.6. The summed E-state index contributed by atoms with van der Waals surface area (Å²) in [5.41, 5.74) is 0.0578. The summed E-state index contributed by atoms with van der Waals surface area (Å²) < 4.78 is 82.1. The third kappa shape index (κ3) is 11.4. The monoisotopic (exact) mass is 1060 g/mol. The van der Waals surface area contributed by atoms with Gasteiger partial charge in [0.25, 0.3) is 0 Å². The lowest BCUT2D eigenvalue weighted by atomic mass is 9.44. The van der Waals surface area contributed by atoms with Gasteiger partial charge in [-0.3, -0.25) is 0 Å². The van der Waals surface area contributed by atoms with Crippen LogP contribution in [0.5, 0.6) is 0 Å². The maximum Gasteiger partial charge on any atom is 0.331 e. The average molecular weight is 1060 g/mol. The molecule has 0 spiro atoms. The first-order valence-corrected chi connectivity index (χ1v) is 27.9. The number of aliphatic hydroxyl groups is 3. The predicted molar refractivity (Wildman–Crippen MR) is 274 cm³/mol. The van der Waals surface area contributed by atoms with Gasteiger partial charge in [-0.05, 0) is 114 Å². The summed E-state index contributed by atoms with van der Waals surface area (Å²) in [4.78, 5) is 13.6. The molecule has 422 valence electrons. The minimum Gasteiger partial charge on any atom is -0.458 e. The van der Waals surface area contributed by atoms with Gasteiger partial charge in [0.05, 0.1) is 66.6 Å². The zero-order valence-electron chi connectivity index (χ0n) is 46.2. The van der Waals surface area contributed by atoms with Crippen molar-refractivity contribution in [2.45, 2.75) is 241 Å². The Morgan fingerprint density at radius 1 is 0.680 bits per heavy atom. The standard InChI is InChI=1S/C58H88O17/c1-31(59)39-22-24-58(62)40-19-18-37-25-38(21-23-56(37,6)41(40)26-46(57(39,58)7)72-47(60)20-17-36-15-13-12-14-16-36)71-48-28-43(64-9)53(33(3)68-48)74-50-30-45(66-11)55(35(5)70-50)75-51-29-44(65-10)54(34(4)69-51)73-49-27-42(63-8)52(61)32(2)67-49/h12-18,20,31-35,38-46,48-55,59,61-62H,19,21-30H2,1-11H3/b20-17+/t31-,32+,33+,34+,35+,38-,39-,40+,41-,42+,43+,44+,45-,46+,48-,49-,50-,51-,52+,53+,54+,55+,56-,57-,58-/m0/s1. The second-order valence-corrected chi connectivity index (χ2v) is 23.5. The zero-order chi connectivity index (χ0) is 53.6. The SMILES string of the molecule is CO[C@H]1C[C@H](O[C@@H]2[C@@H](C)O[C@@H](O[C@H]3CC[C@@]4(C)C(=CC[C@@H]5[C@@H]4C[C@@H](OC(=O)/C=C/c4ccccc4)[C@]4(C)[C@H]([C@H](C)O)CC[C@]54O)C3)C[C@H]2OC)O[C@H](C)[C@H]1O[C@H]1C[C@@H](OC)[C@H](O[C@H]2C[C@@H](OC)[C@H](O)[C@@H](C)O2)[C@@H](C)O1. The highest BCUT2D eigenvalue weighted by molar-refractivity contribution is 5.87. The summed E-state index contributed by atoms with van der Waals surface area (Å²) in [6.07, 6.45) is 3.29. The number of fused-ring (bicyclic) bond motifs is 5. The molecule has 25 atom stereocenters. The van der Waals surface area contributed by atoms with Gasteiger partial charge in [-0.15, -0.1) is 0 Å². The van der Waals surface area contributed by atoms with Crippen molar-refractivity contribution in [3.05, 3.63) is 53.6 Å². The molecule has 3 saturated carbocycles. The summed E-state index contributed by atoms with van der Waals surface area (Å²) in [7, 11) is 6.57. The van der Waals surface area contributed by atoms with Crippen molar-refractivity contribution in [1.82, 2.24) is 0 Å². The van der Waals surface area contributed by atoms with E-state index in [2.05, 4.69) is 19.9 Å². The number of carbonyl (C=O) groups is 1. The van der Waals surface area contributed by atoms with Crippen LogP contribution in [0.1, 0.15) is 125 Å². The maximum absolute atomic E-state index is 13.6. The first-order valence-electron chi connectivity index (χ1n) is 27.9. The van der Waals surface area contributed by atoms with Crippen molar-refractivity contribution in [2.75, 3.05) is 28.4 Å². The molecular formula is C58H88O17. The summed E-state index contributed by atoms with van der Waals surface area (Å²) in [6, 6.07) is 9.67. The second kappa shape index (κ2) is 23.7. The summed E-state index contributed by atoms with van der Waals surface area (Å²) >= 11 is 0.